The van der Waals surface area contributed by atoms with E-state index in [4.69, 9.17) is 5.73 Å². The molecule has 0 saturated heterocycles. The van der Waals surface area contributed by atoms with Crippen LogP contribution in [0.15, 0.2) is 0 Å². The van der Waals surface area contributed by atoms with Gasteiger partial charge in [-0.25, -0.2) is 0 Å². The van der Waals surface area contributed by atoms with Crippen LogP contribution in [-0.4, -0.2) is 18.0 Å². The summed E-state index contributed by atoms with van der Waals surface area (Å²) in [6.07, 6.45) is 9.59. The molecule has 2 aliphatic carbocycles. The van der Waals surface area contributed by atoms with Gasteiger partial charge in [0.1, 0.15) is 0 Å². The zero-order valence-electron chi connectivity index (χ0n) is 12.5. The van der Waals surface area contributed by atoms with Gasteiger partial charge in [-0.3, -0.25) is 4.79 Å². The van der Waals surface area contributed by atoms with E-state index in [1.54, 1.807) is 0 Å². The summed E-state index contributed by atoms with van der Waals surface area (Å²) in [5.74, 6) is 1.30. The highest BCUT2D eigenvalue weighted by Crippen LogP contribution is 2.30. The van der Waals surface area contributed by atoms with Gasteiger partial charge in [-0.2, -0.15) is 0 Å². The topological polar surface area (TPSA) is 55.1 Å². The van der Waals surface area contributed by atoms with Crippen LogP contribution < -0.4 is 11.1 Å². The first-order chi connectivity index (χ1) is 9.09. The normalized spacial score (nSPS) is 40.5. The third kappa shape index (κ3) is 3.71. The van der Waals surface area contributed by atoms with E-state index in [9.17, 15) is 4.79 Å². The summed E-state index contributed by atoms with van der Waals surface area (Å²) >= 11 is 0. The lowest BCUT2D eigenvalue weighted by Crippen LogP contribution is -2.50. The summed E-state index contributed by atoms with van der Waals surface area (Å²) in [7, 11) is 0. The minimum Gasteiger partial charge on any atom is -0.353 e. The highest BCUT2D eigenvalue weighted by Gasteiger charge is 2.35. The van der Waals surface area contributed by atoms with Gasteiger partial charge < -0.3 is 11.1 Å². The van der Waals surface area contributed by atoms with Gasteiger partial charge in [0.05, 0.1) is 5.92 Å². The van der Waals surface area contributed by atoms with Gasteiger partial charge in [0.2, 0.25) is 5.91 Å². The molecule has 5 unspecified atom stereocenters. The van der Waals surface area contributed by atoms with Crippen LogP contribution in [-0.2, 0) is 4.79 Å². The molecular weight excluding hydrogens is 236 g/mol. The van der Waals surface area contributed by atoms with Gasteiger partial charge in [-0.15, -0.1) is 0 Å². The van der Waals surface area contributed by atoms with Crippen molar-refractivity contribution >= 4 is 5.91 Å². The summed E-state index contributed by atoms with van der Waals surface area (Å²) in [4.78, 5) is 12.6. The molecule has 0 bridgehead atoms. The largest absolute Gasteiger partial charge is 0.353 e. The highest BCUT2D eigenvalue weighted by molar-refractivity contribution is 5.80. The molecule has 5 atom stereocenters. The van der Waals surface area contributed by atoms with Gasteiger partial charge in [0.25, 0.3) is 0 Å². The number of carbonyl (C=O) groups is 1. The molecule has 2 aliphatic rings. The standard InChI is InChI=1S/C16H30N2O/c1-11-7-4-3-5-10-14(11)18-16(19)15-12(2)8-6-9-13(15)17/h11-15H,3-10,17H2,1-2H3,(H,18,19). The van der Waals surface area contributed by atoms with Gasteiger partial charge in [-0.1, -0.05) is 39.5 Å². The van der Waals surface area contributed by atoms with E-state index in [0.29, 0.717) is 17.9 Å². The zero-order chi connectivity index (χ0) is 13.8. The van der Waals surface area contributed by atoms with Crippen molar-refractivity contribution in [3.05, 3.63) is 0 Å². The summed E-state index contributed by atoms with van der Waals surface area (Å²) in [5.41, 5.74) is 6.18. The fraction of sp³-hybridized carbons (Fsp3) is 0.938. The molecule has 2 fully saturated rings. The zero-order valence-corrected chi connectivity index (χ0v) is 12.5. The smallest absolute Gasteiger partial charge is 0.225 e. The van der Waals surface area contributed by atoms with E-state index in [2.05, 4.69) is 19.2 Å². The SMILES string of the molecule is CC1CCCCCC1NC(=O)C1C(C)CCCC1N. The predicted octanol–water partition coefficient (Wildman–Crippen LogP) is 2.83. The van der Waals surface area contributed by atoms with Crippen LogP contribution >= 0.6 is 0 Å². The Bertz CT molecular complexity index is 295. The van der Waals surface area contributed by atoms with Crippen molar-refractivity contribution in [1.82, 2.24) is 5.32 Å². The predicted molar refractivity (Wildman–Crippen MR) is 78.7 cm³/mol. The summed E-state index contributed by atoms with van der Waals surface area (Å²) in [6.45, 7) is 4.46. The molecule has 110 valence electrons. The van der Waals surface area contributed by atoms with E-state index in [1.165, 1.54) is 32.1 Å². The molecule has 1 amide bonds. The summed E-state index contributed by atoms with van der Waals surface area (Å²) < 4.78 is 0. The molecule has 0 aromatic rings. The molecule has 0 aromatic heterocycles. The maximum atomic E-state index is 12.6. The molecule has 3 heteroatoms. The molecule has 0 aromatic carbocycles. The summed E-state index contributed by atoms with van der Waals surface area (Å²) in [6, 6.07) is 0.432. The highest BCUT2D eigenvalue weighted by atomic mass is 16.2. The Hall–Kier alpha value is -0.570. The molecule has 0 aliphatic heterocycles. The number of amides is 1. The van der Waals surface area contributed by atoms with Gasteiger partial charge in [0.15, 0.2) is 0 Å². The first kappa shape index (κ1) is 14.8. The van der Waals surface area contributed by atoms with Crippen molar-refractivity contribution < 1.29 is 4.79 Å². The van der Waals surface area contributed by atoms with Crippen LogP contribution in [0.5, 0.6) is 0 Å². The van der Waals surface area contributed by atoms with Crippen LogP contribution in [0.25, 0.3) is 0 Å². The minimum absolute atomic E-state index is 0.0317. The number of nitrogens with two attached hydrogens (primary N) is 1. The van der Waals surface area contributed by atoms with E-state index in [1.807, 2.05) is 0 Å². The second-order valence-corrected chi connectivity index (χ2v) is 6.83. The minimum atomic E-state index is 0.0317. The fourth-order valence-electron chi connectivity index (χ4n) is 3.90. The van der Waals surface area contributed by atoms with Crippen molar-refractivity contribution in [3.8, 4) is 0 Å². The average molecular weight is 266 g/mol. The molecule has 3 nitrogen and oxygen atoms in total. The summed E-state index contributed by atoms with van der Waals surface area (Å²) in [5, 5.41) is 3.32. The molecule has 2 rings (SSSR count). The van der Waals surface area contributed by atoms with E-state index in [-0.39, 0.29) is 17.9 Å². The van der Waals surface area contributed by atoms with Gasteiger partial charge >= 0.3 is 0 Å². The Morgan fingerprint density at radius 1 is 0.947 bits per heavy atom. The van der Waals surface area contributed by atoms with Crippen molar-refractivity contribution in [2.45, 2.75) is 77.3 Å². The lowest BCUT2D eigenvalue weighted by Gasteiger charge is -2.35. The quantitative estimate of drug-likeness (QED) is 0.755. The molecule has 0 radical (unpaired) electrons. The molecular formula is C16H30N2O. The third-order valence-corrected chi connectivity index (χ3v) is 5.26. The first-order valence-corrected chi connectivity index (χ1v) is 8.15. The van der Waals surface area contributed by atoms with E-state index >= 15 is 0 Å². The lowest BCUT2D eigenvalue weighted by molar-refractivity contribution is -0.129. The van der Waals surface area contributed by atoms with Crippen molar-refractivity contribution in [3.63, 3.8) is 0 Å². The Labute approximate surface area is 117 Å². The molecule has 19 heavy (non-hydrogen) atoms. The average Bonchev–Trinajstić information content (AvgIpc) is 2.55. The van der Waals surface area contributed by atoms with Crippen LogP contribution in [0.4, 0.5) is 0 Å². The number of carbonyl (C=O) groups excluding carboxylic acids is 1. The van der Waals surface area contributed by atoms with Crippen LogP contribution in [0, 0.1) is 17.8 Å². The Morgan fingerprint density at radius 2 is 1.63 bits per heavy atom. The van der Waals surface area contributed by atoms with E-state index < -0.39 is 0 Å². The monoisotopic (exact) mass is 266 g/mol. The van der Waals surface area contributed by atoms with Gasteiger partial charge in [-0.05, 0) is 37.5 Å². The molecule has 0 spiro atoms. The molecule has 3 N–H and O–H groups in total. The van der Waals surface area contributed by atoms with Gasteiger partial charge in [0, 0.05) is 12.1 Å². The Kier molecular flexibility index (Phi) is 5.26. The Morgan fingerprint density at radius 3 is 2.37 bits per heavy atom. The second-order valence-electron chi connectivity index (χ2n) is 6.83. The fourth-order valence-corrected chi connectivity index (χ4v) is 3.90. The number of rotatable bonds is 2. The lowest BCUT2D eigenvalue weighted by atomic mass is 9.76. The maximum absolute atomic E-state index is 12.6. The number of hydrogen-bond acceptors (Lipinski definition) is 2. The Balaban J connectivity index is 1.94. The van der Waals surface area contributed by atoms with Crippen LogP contribution in [0.2, 0.25) is 0 Å². The number of hydrogen-bond donors (Lipinski definition) is 2. The van der Waals surface area contributed by atoms with Crippen molar-refractivity contribution in [2.75, 3.05) is 0 Å². The van der Waals surface area contributed by atoms with E-state index in [0.717, 1.165) is 19.3 Å². The second kappa shape index (κ2) is 6.74. The van der Waals surface area contributed by atoms with Crippen LogP contribution in [0.1, 0.15) is 65.2 Å². The van der Waals surface area contributed by atoms with Crippen molar-refractivity contribution in [1.29, 1.82) is 0 Å². The van der Waals surface area contributed by atoms with Crippen molar-refractivity contribution in [2.24, 2.45) is 23.5 Å². The maximum Gasteiger partial charge on any atom is 0.225 e. The molecule has 0 heterocycles. The molecule has 2 saturated carbocycles. The third-order valence-electron chi connectivity index (χ3n) is 5.26. The number of nitrogens with one attached hydrogen (secondary N) is 1. The first-order valence-electron chi connectivity index (χ1n) is 8.15. The van der Waals surface area contributed by atoms with Crippen LogP contribution in [0.3, 0.4) is 0 Å².